The zero-order valence-electron chi connectivity index (χ0n) is 33.0. The highest BCUT2D eigenvalue weighted by atomic mass is 33.7. The van der Waals surface area contributed by atoms with Crippen LogP contribution in [-0.2, 0) is 56.8 Å². The van der Waals surface area contributed by atoms with Gasteiger partial charge in [0.15, 0.2) is 0 Å². The second-order valence-corrected chi connectivity index (χ2v) is 16.3. The largest absolute Gasteiger partial charge is 0.327 e. The molecule has 16 heteroatoms. The Bertz CT molecular complexity index is 606. The summed E-state index contributed by atoms with van der Waals surface area (Å²) in [5.74, 6) is -5.31. The molecule has 0 unspecified atom stereocenters. The zero-order valence-corrected chi connectivity index (χ0v) is 36.3. The molecule has 0 aliphatic rings. The van der Waals surface area contributed by atoms with E-state index in [2.05, 4.69) is 0 Å². The second kappa shape index (κ2) is 30.2. The molecule has 0 saturated carbocycles. The molecule has 0 N–H and O–H groups in total. The van der Waals surface area contributed by atoms with Crippen molar-refractivity contribution in [3.05, 3.63) is 0 Å². The standard InChI is InChI=1S/C34H70O12S4/c1-13-35-31(36-14-2,37-15-3)29(32(38-16-4,39-17-5)40-18-6)25-27-47-49-50-48-28-26-30(33(41-19-7,42-20-8)43-21-9)34(44-22-10,45-23-11)46-24-12/h29-30H,13-28H2,1-12H3. The molecule has 0 aliphatic carbocycles. The number of ether oxygens (including phenoxy) is 12. The predicted molar refractivity (Wildman–Crippen MR) is 207 cm³/mol. The molecule has 50 heavy (non-hydrogen) atoms. The molecule has 0 aromatic heterocycles. The Morgan fingerprint density at radius 3 is 0.600 bits per heavy atom. The first-order valence-electron chi connectivity index (χ1n) is 18.4. The summed E-state index contributed by atoms with van der Waals surface area (Å²) in [4.78, 5) is 0. The van der Waals surface area contributed by atoms with Crippen molar-refractivity contribution in [1.82, 2.24) is 0 Å². The van der Waals surface area contributed by atoms with E-state index >= 15 is 0 Å². The van der Waals surface area contributed by atoms with E-state index in [9.17, 15) is 0 Å². The Morgan fingerprint density at radius 1 is 0.300 bits per heavy atom. The summed E-state index contributed by atoms with van der Waals surface area (Å²) in [5, 5.41) is 0. The summed E-state index contributed by atoms with van der Waals surface area (Å²) in [5.41, 5.74) is 0. The molecule has 0 spiro atoms. The fourth-order valence-electron chi connectivity index (χ4n) is 5.70. The van der Waals surface area contributed by atoms with Crippen LogP contribution in [0.15, 0.2) is 0 Å². The zero-order chi connectivity index (χ0) is 37.8. The van der Waals surface area contributed by atoms with Crippen LogP contribution in [0.4, 0.5) is 0 Å². The molecule has 0 aliphatic heterocycles. The number of rotatable bonds is 37. The lowest BCUT2D eigenvalue weighted by Crippen LogP contribution is -2.60. The van der Waals surface area contributed by atoms with Crippen LogP contribution >= 0.6 is 41.2 Å². The molecule has 0 aromatic rings. The summed E-state index contributed by atoms with van der Waals surface area (Å²) >= 11 is 0. The Kier molecular flexibility index (Phi) is 30.7. The van der Waals surface area contributed by atoms with Crippen molar-refractivity contribution in [1.29, 1.82) is 0 Å². The van der Waals surface area contributed by atoms with Crippen molar-refractivity contribution < 1.29 is 56.8 Å². The van der Waals surface area contributed by atoms with E-state index in [1.54, 1.807) is 41.2 Å². The maximum Gasteiger partial charge on any atom is 0.293 e. The van der Waals surface area contributed by atoms with Gasteiger partial charge in [-0.2, -0.15) is 0 Å². The molecule has 0 bridgehead atoms. The minimum atomic E-state index is -1.41. The van der Waals surface area contributed by atoms with Gasteiger partial charge in [0.1, 0.15) is 11.8 Å². The van der Waals surface area contributed by atoms with Gasteiger partial charge in [0.2, 0.25) is 0 Å². The third kappa shape index (κ3) is 16.0. The summed E-state index contributed by atoms with van der Waals surface area (Å²) in [6, 6.07) is 0. The molecule has 0 aromatic carbocycles. The SMILES string of the molecule is CCOC(OCC)(OCC)C(CCSSSSCCC(C(OCC)(OCC)OCC)C(OCC)(OCC)OCC)C(OCC)(OCC)OCC. The minimum absolute atomic E-state index is 0.376. The topological polar surface area (TPSA) is 111 Å². The summed E-state index contributed by atoms with van der Waals surface area (Å²) in [6.07, 6.45) is 1.15. The van der Waals surface area contributed by atoms with Gasteiger partial charge in [0, 0.05) is 90.8 Å². The van der Waals surface area contributed by atoms with Crippen LogP contribution in [0.2, 0.25) is 0 Å². The smallest absolute Gasteiger partial charge is 0.293 e. The molecule has 302 valence electrons. The first-order chi connectivity index (χ1) is 24.2. The van der Waals surface area contributed by atoms with Crippen molar-refractivity contribution in [2.24, 2.45) is 11.8 Å². The van der Waals surface area contributed by atoms with Gasteiger partial charge >= 0.3 is 0 Å². The highest BCUT2D eigenvalue weighted by molar-refractivity contribution is 9.26. The van der Waals surface area contributed by atoms with Crippen LogP contribution < -0.4 is 0 Å². The lowest BCUT2D eigenvalue weighted by molar-refractivity contribution is -0.489. The Hall–Kier alpha value is 0.920. The van der Waals surface area contributed by atoms with E-state index in [0.29, 0.717) is 92.1 Å². The van der Waals surface area contributed by atoms with E-state index in [1.165, 1.54) is 0 Å². The Morgan fingerprint density at radius 2 is 0.460 bits per heavy atom. The van der Waals surface area contributed by atoms with E-state index < -0.39 is 35.7 Å². The molecule has 0 heterocycles. The molecule has 0 rings (SSSR count). The van der Waals surface area contributed by atoms with Gasteiger partial charge in [-0.25, -0.2) is 0 Å². The van der Waals surface area contributed by atoms with Crippen LogP contribution in [0.1, 0.15) is 95.9 Å². The van der Waals surface area contributed by atoms with Crippen LogP contribution in [0.3, 0.4) is 0 Å². The molecule has 0 atom stereocenters. The van der Waals surface area contributed by atoms with Crippen LogP contribution in [0.25, 0.3) is 0 Å². The molecule has 0 amide bonds. The van der Waals surface area contributed by atoms with Crippen LogP contribution in [-0.4, -0.2) is 115 Å². The first-order valence-corrected chi connectivity index (χ1v) is 23.6. The van der Waals surface area contributed by atoms with Gasteiger partial charge in [-0.1, -0.05) is 21.6 Å². The fraction of sp³-hybridized carbons (Fsp3) is 1.00. The maximum atomic E-state index is 6.24. The van der Waals surface area contributed by atoms with Gasteiger partial charge in [0.05, 0.1) is 0 Å². The third-order valence-corrected chi connectivity index (χ3v) is 13.5. The number of hydrogen-bond acceptors (Lipinski definition) is 16. The van der Waals surface area contributed by atoms with E-state index in [-0.39, 0.29) is 0 Å². The summed E-state index contributed by atoms with van der Waals surface area (Å²) < 4.78 is 74.9. The van der Waals surface area contributed by atoms with Gasteiger partial charge in [0.25, 0.3) is 23.9 Å². The molecule has 12 nitrogen and oxygen atoms in total. The molecule has 0 fully saturated rings. The van der Waals surface area contributed by atoms with Gasteiger partial charge in [-0.3, -0.25) is 0 Å². The molecule has 0 saturated heterocycles. The highest BCUT2D eigenvalue weighted by Crippen LogP contribution is 2.48. The summed E-state index contributed by atoms with van der Waals surface area (Å²) in [6.45, 7) is 27.5. The normalized spacial score (nSPS) is 13.3. The predicted octanol–water partition coefficient (Wildman–Crippen LogP) is 8.73. The molecular weight excluding hydrogens is 729 g/mol. The maximum absolute atomic E-state index is 6.24. The average molecular weight is 799 g/mol. The van der Waals surface area contributed by atoms with E-state index in [4.69, 9.17) is 56.8 Å². The van der Waals surface area contributed by atoms with Crippen molar-refractivity contribution in [3.8, 4) is 0 Å². The van der Waals surface area contributed by atoms with Gasteiger partial charge in [-0.05, 0) is 116 Å². The number of hydrogen-bond donors (Lipinski definition) is 0. The highest BCUT2D eigenvalue weighted by Gasteiger charge is 2.58. The van der Waals surface area contributed by atoms with Gasteiger partial charge < -0.3 is 56.8 Å². The average Bonchev–Trinajstić information content (AvgIpc) is 3.07. The van der Waals surface area contributed by atoms with Crippen LogP contribution in [0.5, 0.6) is 0 Å². The Balaban J connectivity index is 6.02. The third-order valence-electron chi connectivity index (χ3n) is 6.96. The van der Waals surface area contributed by atoms with Gasteiger partial charge in [-0.15, -0.1) is 0 Å². The molecular formula is C34H70O12S4. The monoisotopic (exact) mass is 798 g/mol. The second-order valence-electron chi connectivity index (χ2n) is 10.1. The summed E-state index contributed by atoms with van der Waals surface area (Å²) in [7, 11) is 6.81. The fourth-order valence-corrected chi connectivity index (χ4v) is 11.9. The molecule has 0 radical (unpaired) electrons. The first kappa shape index (κ1) is 50.9. The van der Waals surface area contributed by atoms with E-state index in [1.807, 2.05) is 83.1 Å². The Labute approximate surface area is 319 Å². The quantitative estimate of drug-likeness (QED) is 0.0339. The van der Waals surface area contributed by atoms with E-state index in [0.717, 1.165) is 11.5 Å². The van der Waals surface area contributed by atoms with Crippen molar-refractivity contribution in [2.45, 2.75) is 120 Å². The lowest BCUT2D eigenvalue weighted by Gasteiger charge is -2.47. The van der Waals surface area contributed by atoms with Crippen LogP contribution in [0, 0.1) is 11.8 Å². The lowest BCUT2D eigenvalue weighted by atomic mass is 9.99. The minimum Gasteiger partial charge on any atom is -0.327 e. The van der Waals surface area contributed by atoms with Crippen molar-refractivity contribution >= 4 is 41.2 Å². The van der Waals surface area contributed by atoms with Crippen molar-refractivity contribution in [3.63, 3.8) is 0 Å². The van der Waals surface area contributed by atoms with Crippen molar-refractivity contribution in [2.75, 3.05) is 90.8 Å².